The van der Waals surface area contributed by atoms with Gasteiger partial charge in [0.15, 0.2) is 0 Å². The number of fused-ring (bicyclic) bond motifs is 3. The van der Waals surface area contributed by atoms with E-state index in [1.807, 2.05) is 12.1 Å². The van der Waals surface area contributed by atoms with E-state index >= 15 is 0 Å². The zero-order valence-electron chi connectivity index (χ0n) is 13.4. The predicted octanol–water partition coefficient (Wildman–Crippen LogP) is 4.42. The number of halogens is 1. The lowest BCUT2D eigenvalue weighted by atomic mass is 9.83. The third-order valence-corrected chi connectivity index (χ3v) is 5.27. The number of rotatable bonds is 2. The Kier molecular flexibility index (Phi) is 4.14. The average Bonchev–Trinajstić information content (AvgIpc) is 2.98. The minimum Gasteiger partial charge on any atom is -0.465 e. The van der Waals surface area contributed by atoms with Crippen molar-refractivity contribution in [3.63, 3.8) is 0 Å². The first-order valence-electron chi connectivity index (χ1n) is 8.19. The smallest absolute Gasteiger partial charge is 0.337 e. The number of esters is 1. The summed E-state index contributed by atoms with van der Waals surface area (Å²) in [6, 6.07) is 5.52. The molecule has 1 aliphatic carbocycles. The molecule has 1 aromatic carbocycles. The van der Waals surface area contributed by atoms with E-state index in [-0.39, 0.29) is 18.0 Å². The number of ether oxygens (including phenoxy) is 2. The summed E-state index contributed by atoms with van der Waals surface area (Å²) in [6.07, 6.45) is 7.81. The number of carbonyl (C=O) groups is 1. The van der Waals surface area contributed by atoms with Gasteiger partial charge in [0.2, 0.25) is 0 Å². The fourth-order valence-electron chi connectivity index (χ4n) is 3.60. The van der Waals surface area contributed by atoms with E-state index in [9.17, 15) is 4.79 Å². The van der Waals surface area contributed by atoms with Gasteiger partial charge < -0.3 is 9.47 Å². The number of carbonyl (C=O) groups excluding carboxylic acids is 1. The Balaban J connectivity index is 1.73. The highest BCUT2D eigenvalue weighted by molar-refractivity contribution is 9.11. The summed E-state index contributed by atoms with van der Waals surface area (Å²) >= 11 is 3.63. The zero-order chi connectivity index (χ0) is 16.7. The van der Waals surface area contributed by atoms with E-state index in [0.717, 1.165) is 46.5 Å². The molecule has 3 aliphatic rings. The summed E-state index contributed by atoms with van der Waals surface area (Å²) in [5.41, 5.74) is 4.55. The van der Waals surface area contributed by atoms with E-state index in [4.69, 9.17) is 14.5 Å². The SMILES string of the molecule is COC(=O)c1ccc2c(c1)C1=CC(Br)=CC(C3CCCCO3)C1=N2. The van der Waals surface area contributed by atoms with Crippen LogP contribution in [0.15, 0.2) is 39.8 Å². The lowest BCUT2D eigenvalue weighted by Crippen LogP contribution is -2.33. The number of methoxy groups -OCH3 is 1. The maximum absolute atomic E-state index is 11.8. The molecule has 0 bridgehead atoms. The fraction of sp³-hybridized carbons (Fsp3) is 0.368. The zero-order valence-corrected chi connectivity index (χ0v) is 15.0. The number of hydrogen-bond donors (Lipinski definition) is 0. The normalized spacial score (nSPS) is 25.2. The van der Waals surface area contributed by atoms with Crippen LogP contribution in [0.1, 0.15) is 35.2 Å². The Bertz CT molecular complexity index is 788. The topological polar surface area (TPSA) is 47.9 Å². The van der Waals surface area contributed by atoms with Gasteiger partial charge >= 0.3 is 5.97 Å². The van der Waals surface area contributed by atoms with Crippen molar-refractivity contribution in [3.05, 3.63) is 46.0 Å². The molecule has 2 heterocycles. The van der Waals surface area contributed by atoms with Crippen molar-refractivity contribution in [2.75, 3.05) is 13.7 Å². The average molecular weight is 388 g/mol. The fourth-order valence-corrected chi connectivity index (χ4v) is 4.11. The molecule has 0 N–H and O–H groups in total. The van der Waals surface area contributed by atoms with Crippen LogP contribution in [0, 0.1) is 5.92 Å². The van der Waals surface area contributed by atoms with Crippen LogP contribution in [-0.2, 0) is 9.47 Å². The van der Waals surface area contributed by atoms with Crippen molar-refractivity contribution in [2.24, 2.45) is 10.9 Å². The van der Waals surface area contributed by atoms with Crippen LogP contribution in [-0.4, -0.2) is 31.5 Å². The quantitative estimate of drug-likeness (QED) is 0.705. The molecule has 4 rings (SSSR count). The van der Waals surface area contributed by atoms with Gasteiger partial charge in [-0.15, -0.1) is 0 Å². The first-order valence-corrected chi connectivity index (χ1v) is 8.99. The van der Waals surface area contributed by atoms with Crippen LogP contribution in [0.3, 0.4) is 0 Å². The maximum atomic E-state index is 11.8. The Morgan fingerprint density at radius 1 is 1.38 bits per heavy atom. The molecule has 4 nitrogen and oxygen atoms in total. The largest absolute Gasteiger partial charge is 0.465 e. The van der Waals surface area contributed by atoms with Crippen molar-refractivity contribution in [2.45, 2.75) is 25.4 Å². The van der Waals surface area contributed by atoms with Crippen LogP contribution in [0.25, 0.3) is 5.57 Å². The van der Waals surface area contributed by atoms with Gasteiger partial charge in [0.05, 0.1) is 30.2 Å². The third-order valence-electron chi connectivity index (χ3n) is 4.78. The summed E-state index contributed by atoms with van der Waals surface area (Å²) in [6.45, 7) is 0.818. The highest BCUT2D eigenvalue weighted by Gasteiger charge is 2.35. The van der Waals surface area contributed by atoms with Crippen molar-refractivity contribution < 1.29 is 14.3 Å². The highest BCUT2D eigenvalue weighted by Crippen LogP contribution is 2.43. The molecule has 1 aromatic rings. The van der Waals surface area contributed by atoms with Gasteiger partial charge in [0.25, 0.3) is 0 Å². The molecule has 1 saturated heterocycles. The molecule has 0 amide bonds. The van der Waals surface area contributed by atoms with Crippen molar-refractivity contribution in [1.82, 2.24) is 0 Å². The van der Waals surface area contributed by atoms with Crippen molar-refractivity contribution in [1.29, 1.82) is 0 Å². The summed E-state index contributed by atoms with van der Waals surface area (Å²) in [7, 11) is 1.40. The van der Waals surface area contributed by atoms with Gasteiger partial charge in [0, 0.05) is 28.1 Å². The van der Waals surface area contributed by atoms with Crippen LogP contribution in [0.2, 0.25) is 0 Å². The van der Waals surface area contributed by atoms with Gasteiger partial charge in [-0.1, -0.05) is 22.0 Å². The number of benzene rings is 1. The van der Waals surface area contributed by atoms with E-state index in [2.05, 4.69) is 28.1 Å². The predicted molar refractivity (Wildman–Crippen MR) is 96.9 cm³/mol. The second-order valence-electron chi connectivity index (χ2n) is 6.26. The van der Waals surface area contributed by atoms with Gasteiger partial charge in [-0.3, -0.25) is 4.99 Å². The summed E-state index contributed by atoms with van der Waals surface area (Å²) in [5.74, 6) is -0.182. The summed E-state index contributed by atoms with van der Waals surface area (Å²) in [4.78, 5) is 16.7. The minimum absolute atomic E-state index is 0.147. The monoisotopic (exact) mass is 387 g/mol. The van der Waals surface area contributed by atoms with E-state index in [0.29, 0.717) is 5.56 Å². The molecule has 0 aromatic heterocycles. The van der Waals surface area contributed by atoms with Crippen LogP contribution < -0.4 is 0 Å². The molecular formula is C19H18BrNO3. The summed E-state index contributed by atoms with van der Waals surface area (Å²) < 4.78 is 11.9. The second kappa shape index (κ2) is 6.30. The standard InChI is InChI=1S/C19H18BrNO3/c1-23-19(22)11-5-6-16-13(8-11)14-9-12(20)10-15(18(14)21-16)17-4-2-3-7-24-17/h5-6,8-10,15,17H,2-4,7H2,1H3. The molecule has 24 heavy (non-hydrogen) atoms. The van der Waals surface area contributed by atoms with Crippen molar-refractivity contribution in [3.8, 4) is 0 Å². The van der Waals surface area contributed by atoms with Crippen molar-refractivity contribution >= 4 is 38.9 Å². The van der Waals surface area contributed by atoms with Gasteiger partial charge in [0.1, 0.15) is 0 Å². The first kappa shape index (κ1) is 15.8. The van der Waals surface area contributed by atoms with Gasteiger partial charge in [-0.25, -0.2) is 4.79 Å². The highest BCUT2D eigenvalue weighted by atomic mass is 79.9. The first-order chi connectivity index (χ1) is 11.7. The van der Waals surface area contributed by atoms with Crippen LogP contribution in [0.4, 0.5) is 5.69 Å². The van der Waals surface area contributed by atoms with Crippen LogP contribution in [0.5, 0.6) is 0 Å². The number of nitrogens with zero attached hydrogens (tertiary/aromatic N) is 1. The molecule has 2 unspecified atom stereocenters. The molecule has 124 valence electrons. The lowest BCUT2D eigenvalue weighted by molar-refractivity contribution is 0.00531. The summed E-state index contributed by atoms with van der Waals surface area (Å²) in [5, 5.41) is 0. The van der Waals surface area contributed by atoms with E-state index in [1.165, 1.54) is 13.5 Å². The van der Waals surface area contributed by atoms with Crippen LogP contribution >= 0.6 is 15.9 Å². The van der Waals surface area contributed by atoms with E-state index < -0.39 is 0 Å². The number of aliphatic imine (C=N–C) groups is 1. The Hall–Kier alpha value is -1.72. The Morgan fingerprint density at radius 3 is 3.00 bits per heavy atom. The molecular weight excluding hydrogens is 370 g/mol. The molecule has 0 saturated carbocycles. The second-order valence-corrected chi connectivity index (χ2v) is 7.18. The lowest BCUT2D eigenvalue weighted by Gasteiger charge is -2.31. The Morgan fingerprint density at radius 2 is 2.25 bits per heavy atom. The van der Waals surface area contributed by atoms with E-state index in [1.54, 1.807) is 6.07 Å². The number of allylic oxidation sites excluding steroid dienone is 3. The molecule has 1 fully saturated rings. The Labute approximate surface area is 149 Å². The maximum Gasteiger partial charge on any atom is 0.337 e. The molecule has 0 spiro atoms. The van der Waals surface area contributed by atoms with Gasteiger partial charge in [-0.05, 0) is 43.5 Å². The molecule has 0 radical (unpaired) electrons. The van der Waals surface area contributed by atoms with Gasteiger partial charge in [-0.2, -0.15) is 0 Å². The third kappa shape index (κ3) is 2.66. The molecule has 2 aliphatic heterocycles. The minimum atomic E-state index is -0.329. The molecule has 5 heteroatoms. The number of hydrogen-bond acceptors (Lipinski definition) is 4. The molecule has 2 atom stereocenters.